The molecule has 2 rings (SSSR count). The summed E-state index contributed by atoms with van der Waals surface area (Å²) in [5.74, 6) is 0. The van der Waals surface area contributed by atoms with Crippen molar-refractivity contribution in [2.24, 2.45) is 4.99 Å². The maximum absolute atomic E-state index is 4.40. The minimum atomic E-state index is 0.967. The molecule has 1 aliphatic heterocycles. The first kappa shape index (κ1) is 8.49. The average molecular weight is 173 g/mol. The lowest BCUT2D eigenvalue weighted by molar-refractivity contribution is 0.858. The summed E-state index contributed by atoms with van der Waals surface area (Å²) in [5.41, 5.74) is 2.78. The number of hydrogen-bond donors (Lipinski definition) is 0. The Morgan fingerprint density at radius 2 is 2.15 bits per heavy atom. The number of allylic oxidation sites excluding steroid dienone is 6. The molecule has 1 heteroatoms. The first-order valence-corrected chi connectivity index (χ1v) is 5.03. The van der Waals surface area contributed by atoms with Crippen molar-refractivity contribution in [3.8, 4) is 0 Å². The van der Waals surface area contributed by atoms with E-state index in [9.17, 15) is 0 Å². The predicted octanol–water partition coefficient (Wildman–Crippen LogP) is 3.05. The molecule has 1 heterocycles. The van der Waals surface area contributed by atoms with Gasteiger partial charge in [0.25, 0.3) is 0 Å². The summed E-state index contributed by atoms with van der Waals surface area (Å²) in [5, 5.41) is 0. The highest BCUT2D eigenvalue weighted by atomic mass is 14.7. The van der Waals surface area contributed by atoms with E-state index in [1.54, 1.807) is 0 Å². The lowest BCUT2D eigenvalue weighted by Crippen LogP contribution is -1.99. The van der Waals surface area contributed by atoms with E-state index in [0.717, 1.165) is 13.0 Å². The van der Waals surface area contributed by atoms with Gasteiger partial charge in [-0.15, -0.1) is 0 Å². The van der Waals surface area contributed by atoms with Crippen LogP contribution in [0.5, 0.6) is 0 Å². The summed E-state index contributed by atoms with van der Waals surface area (Å²) < 4.78 is 0. The van der Waals surface area contributed by atoms with Crippen molar-refractivity contribution in [1.29, 1.82) is 0 Å². The number of hydrogen-bond acceptors (Lipinski definition) is 1. The zero-order chi connectivity index (χ0) is 8.93. The molecule has 0 amide bonds. The summed E-state index contributed by atoms with van der Waals surface area (Å²) in [7, 11) is 0. The van der Waals surface area contributed by atoms with Crippen LogP contribution in [0.4, 0.5) is 0 Å². The van der Waals surface area contributed by atoms with Gasteiger partial charge in [-0.3, -0.25) is 4.99 Å². The van der Waals surface area contributed by atoms with E-state index in [-0.39, 0.29) is 0 Å². The Labute approximate surface area is 79.6 Å². The monoisotopic (exact) mass is 173 g/mol. The van der Waals surface area contributed by atoms with Crippen LogP contribution in [0.1, 0.15) is 25.7 Å². The quantitative estimate of drug-likeness (QED) is 0.578. The van der Waals surface area contributed by atoms with Crippen LogP contribution in [0.3, 0.4) is 0 Å². The fourth-order valence-electron chi connectivity index (χ4n) is 1.52. The van der Waals surface area contributed by atoms with Crippen molar-refractivity contribution in [2.75, 3.05) is 6.54 Å². The zero-order valence-electron chi connectivity index (χ0n) is 7.87. The molecule has 0 atom stereocenters. The van der Waals surface area contributed by atoms with Crippen LogP contribution in [-0.4, -0.2) is 12.8 Å². The number of nitrogens with zero attached hydrogens (tertiary/aromatic N) is 1. The van der Waals surface area contributed by atoms with E-state index in [4.69, 9.17) is 0 Å². The van der Waals surface area contributed by atoms with E-state index in [0.29, 0.717) is 0 Å². The molecular formula is C12H15N. The van der Waals surface area contributed by atoms with Crippen LogP contribution in [0.15, 0.2) is 40.4 Å². The van der Waals surface area contributed by atoms with Gasteiger partial charge >= 0.3 is 0 Å². The van der Waals surface area contributed by atoms with Crippen LogP contribution in [0.25, 0.3) is 0 Å². The molecule has 0 saturated heterocycles. The molecule has 1 nitrogen and oxygen atoms in total. The molecule has 0 aromatic carbocycles. The van der Waals surface area contributed by atoms with Gasteiger partial charge in [0.1, 0.15) is 0 Å². The van der Waals surface area contributed by atoms with Crippen LogP contribution >= 0.6 is 0 Å². The van der Waals surface area contributed by atoms with Gasteiger partial charge in [-0.05, 0) is 36.8 Å². The van der Waals surface area contributed by atoms with E-state index in [2.05, 4.69) is 29.3 Å². The lowest BCUT2D eigenvalue weighted by Gasteiger charge is -2.14. The van der Waals surface area contributed by atoms with Crippen LogP contribution in [-0.2, 0) is 0 Å². The summed E-state index contributed by atoms with van der Waals surface area (Å²) >= 11 is 0. The van der Waals surface area contributed by atoms with Gasteiger partial charge in [0, 0.05) is 12.8 Å². The molecule has 0 bridgehead atoms. The average Bonchev–Trinajstić information content (AvgIpc) is 2.15. The SMILES string of the molecule is C1=C(C2=C/C=C/CCC/N=C\2)CC1. The zero-order valence-corrected chi connectivity index (χ0v) is 7.87. The molecule has 2 aliphatic rings. The van der Waals surface area contributed by atoms with Gasteiger partial charge in [0.05, 0.1) is 0 Å². The van der Waals surface area contributed by atoms with Crippen LogP contribution in [0.2, 0.25) is 0 Å². The Morgan fingerprint density at radius 1 is 1.23 bits per heavy atom. The second-order valence-electron chi connectivity index (χ2n) is 3.50. The Bertz CT molecular complexity index is 292. The van der Waals surface area contributed by atoms with E-state index < -0.39 is 0 Å². The molecule has 0 unspecified atom stereocenters. The molecule has 0 saturated carbocycles. The largest absolute Gasteiger partial charge is 0.293 e. The van der Waals surface area contributed by atoms with Crippen molar-refractivity contribution in [3.05, 3.63) is 35.5 Å². The maximum atomic E-state index is 4.40. The molecular weight excluding hydrogens is 158 g/mol. The number of aliphatic imine (C=N–C) groups is 1. The second-order valence-corrected chi connectivity index (χ2v) is 3.50. The maximum Gasteiger partial charge on any atom is 0.0392 e. The number of rotatable bonds is 1. The molecule has 1 aliphatic carbocycles. The molecule has 0 aromatic heterocycles. The summed E-state index contributed by atoms with van der Waals surface area (Å²) in [4.78, 5) is 4.40. The van der Waals surface area contributed by atoms with Gasteiger partial charge < -0.3 is 0 Å². The van der Waals surface area contributed by atoms with Crippen molar-refractivity contribution < 1.29 is 0 Å². The predicted molar refractivity (Wildman–Crippen MR) is 57.1 cm³/mol. The van der Waals surface area contributed by atoms with Gasteiger partial charge in [-0.25, -0.2) is 0 Å². The minimum absolute atomic E-state index is 0.967. The third kappa shape index (κ3) is 2.18. The second kappa shape index (κ2) is 4.22. The highest BCUT2D eigenvalue weighted by molar-refractivity contribution is 5.85. The Balaban J connectivity index is 2.16. The third-order valence-corrected chi connectivity index (χ3v) is 2.48. The Kier molecular flexibility index (Phi) is 2.75. The van der Waals surface area contributed by atoms with Gasteiger partial charge in [0.15, 0.2) is 0 Å². The fraction of sp³-hybridized carbons (Fsp3) is 0.417. The highest BCUT2D eigenvalue weighted by Gasteiger charge is 2.08. The summed E-state index contributed by atoms with van der Waals surface area (Å²) in [6.07, 6.45) is 15.7. The smallest absolute Gasteiger partial charge is 0.0392 e. The Hall–Kier alpha value is -1.11. The highest BCUT2D eigenvalue weighted by Crippen LogP contribution is 2.24. The summed E-state index contributed by atoms with van der Waals surface area (Å²) in [6.45, 7) is 0.967. The van der Waals surface area contributed by atoms with Crippen molar-refractivity contribution >= 4 is 6.21 Å². The third-order valence-electron chi connectivity index (χ3n) is 2.48. The molecule has 0 radical (unpaired) electrons. The van der Waals surface area contributed by atoms with Crippen molar-refractivity contribution in [2.45, 2.75) is 25.7 Å². The normalized spacial score (nSPS) is 31.1. The Morgan fingerprint density at radius 3 is 2.92 bits per heavy atom. The fourth-order valence-corrected chi connectivity index (χ4v) is 1.52. The lowest BCUT2D eigenvalue weighted by atomic mass is 9.92. The van der Waals surface area contributed by atoms with Crippen LogP contribution in [0, 0.1) is 0 Å². The van der Waals surface area contributed by atoms with E-state index in [1.165, 1.54) is 30.4 Å². The molecule has 0 spiro atoms. The van der Waals surface area contributed by atoms with Gasteiger partial charge in [-0.1, -0.05) is 24.3 Å². The topological polar surface area (TPSA) is 12.4 Å². The van der Waals surface area contributed by atoms with Crippen molar-refractivity contribution in [1.82, 2.24) is 0 Å². The molecule has 0 N–H and O–H groups in total. The first-order chi connectivity index (χ1) is 6.47. The van der Waals surface area contributed by atoms with Gasteiger partial charge in [-0.2, -0.15) is 0 Å². The summed E-state index contributed by atoms with van der Waals surface area (Å²) in [6, 6.07) is 0. The van der Waals surface area contributed by atoms with Gasteiger partial charge in [0.2, 0.25) is 0 Å². The van der Waals surface area contributed by atoms with E-state index in [1.807, 2.05) is 6.21 Å². The molecule has 0 aromatic rings. The van der Waals surface area contributed by atoms with E-state index >= 15 is 0 Å². The van der Waals surface area contributed by atoms with Crippen LogP contribution < -0.4 is 0 Å². The molecule has 68 valence electrons. The first-order valence-electron chi connectivity index (χ1n) is 5.03. The molecule has 0 fully saturated rings. The standard InChI is InChI=1S/C12H15N/c1-2-4-9-13-10-12(6-3-1)11-7-5-8-11/h1,3,6-7,10H,2,4-5,8-9H2/b3-1+,12-6+,13-10-. The van der Waals surface area contributed by atoms with Crippen molar-refractivity contribution in [3.63, 3.8) is 0 Å². The minimum Gasteiger partial charge on any atom is -0.293 e. The molecule has 13 heavy (non-hydrogen) atoms.